The number of amides is 2. The van der Waals surface area contributed by atoms with E-state index in [9.17, 15) is 22.8 Å². The highest BCUT2D eigenvalue weighted by Gasteiger charge is 2.49. The first-order valence-corrected chi connectivity index (χ1v) is 10.9. The molecule has 0 atom stereocenters. The van der Waals surface area contributed by atoms with Crippen LogP contribution >= 0.6 is 11.3 Å². The maximum atomic E-state index is 12.9. The first-order valence-electron chi connectivity index (χ1n) is 10.00. The number of likely N-dealkylation sites (tertiary alicyclic amines) is 1. The molecule has 7 nitrogen and oxygen atoms in total. The van der Waals surface area contributed by atoms with Crippen molar-refractivity contribution >= 4 is 34.8 Å². The summed E-state index contributed by atoms with van der Waals surface area (Å²) in [6.07, 6.45) is -2.58. The molecule has 2 aliphatic rings. The third-order valence-electron chi connectivity index (χ3n) is 5.91. The maximum absolute atomic E-state index is 12.9. The van der Waals surface area contributed by atoms with Gasteiger partial charge in [-0.15, -0.1) is 0 Å². The van der Waals surface area contributed by atoms with Gasteiger partial charge in [0.2, 0.25) is 11.8 Å². The highest BCUT2D eigenvalue weighted by Crippen LogP contribution is 2.43. The molecule has 3 heterocycles. The largest absolute Gasteiger partial charge is 0.490 e. The van der Waals surface area contributed by atoms with E-state index in [0.29, 0.717) is 25.7 Å². The van der Waals surface area contributed by atoms with Gasteiger partial charge in [0.15, 0.2) is 0 Å². The Labute approximate surface area is 183 Å². The molecule has 2 amide bonds. The lowest BCUT2D eigenvalue weighted by Gasteiger charge is -2.38. The van der Waals surface area contributed by atoms with Crippen LogP contribution in [0.3, 0.4) is 0 Å². The molecule has 0 saturated carbocycles. The smallest absolute Gasteiger partial charge is 0.475 e. The predicted octanol–water partition coefficient (Wildman–Crippen LogP) is 3.07. The van der Waals surface area contributed by atoms with Gasteiger partial charge in [-0.05, 0) is 51.6 Å². The van der Waals surface area contributed by atoms with Crippen molar-refractivity contribution in [2.45, 2.75) is 45.3 Å². The normalized spacial score (nSPS) is 18.5. The number of aliphatic carboxylic acids is 1. The summed E-state index contributed by atoms with van der Waals surface area (Å²) in [7, 11) is 1.98. The van der Waals surface area contributed by atoms with Crippen LogP contribution in [-0.4, -0.2) is 78.1 Å². The van der Waals surface area contributed by atoms with Crippen LogP contribution in [-0.2, 0) is 14.4 Å². The minimum atomic E-state index is -5.08. The van der Waals surface area contributed by atoms with Crippen molar-refractivity contribution in [3.05, 3.63) is 16.8 Å². The number of alkyl halides is 3. The molecule has 1 spiro atoms. The van der Waals surface area contributed by atoms with Gasteiger partial charge in [-0.2, -0.15) is 24.5 Å². The highest BCUT2D eigenvalue weighted by molar-refractivity contribution is 7.08. The number of carboxylic acid groups (broad SMARTS) is 1. The number of carboxylic acids is 1. The van der Waals surface area contributed by atoms with Crippen LogP contribution in [0.1, 0.15) is 33.1 Å². The number of anilines is 1. The molecule has 3 rings (SSSR count). The van der Waals surface area contributed by atoms with Crippen LogP contribution in [0.5, 0.6) is 0 Å². The number of carbonyl (C=O) groups is 3. The molecule has 0 aliphatic carbocycles. The number of hydrogen-bond acceptors (Lipinski definition) is 5. The summed E-state index contributed by atoms with van der Waals surface area (Å²) < 4.78 is 31.7. The van der Waals surface area contributed by atoms with Gasteiger partial charge < -0.3 is 14.9 Å². The number of likely N-dealkylation sites (N-methyl/N-ethyl adjacent to an activating group) is 1. The third kappa shape index (κ3) is 6.19. The van der Waals surface area contributed by atoms with Crippen molar-refractivity contribution in [3.63, 3.8) is 0 Å². The maximum Gasteiger partial charge on any atom is 0.490 e. The fourth-order valence-corrected chi connectivity index (χ4v) is 4.26. The number of halogens is 3. The van der Waals surface area contributed by atoms with E-state index in [4.69, 9.17) is 9.90 Å². The summed E-state index contributed by atoms with van der Waals surface area (Å²) in [5, 5.41) is 11.2. The lowest BCUT2D eigenvalue weighted by atomic mass is 9.77. The lowest BCUT2D eigenvalue weighted by molar-refractivity contribution is -0.192. The summed E-state index contributed by atoms with van der Waals surface area (Å²) in [5.74, 6) is -2.32. The molecule has 1 aromatic rings. The Morgan fingerprint density at radius 2 is 1.77 bits per heavy atom. The van der Waals surface area contributed by atoms with Crippen molar-refractivity contribution in [3.8, 4) is 0 Å². The number of carbonyl (C=O) groups excluding carboxylic acids is 2. The second kappa shape index (κ2) is 9.99. The standard InChI is InChI=1S/C18H27N3O2S.C2HF3O2/c1-14(2)19(3)12-16(22)20-8-5-18(6-9-20)7-10-21(17(18)23)15-4-11-24-13-15;3-2(4,5)1(6)7/h4,11,13-14H,5-10,12H2,1-3H3;(H,6,7). The zero-order valence-electron chi connectivity index (χ0n) is 17.8. The van der Waals surface area contributed by atoms with Gasteiger partial charge in [-0.25, -0.2) is 4.79 Å². The van der Waals surface area contributed by atoms with Crippen LogP contribution in [0, 0.1) is 5.41 Å². The Hall–Kier alpha value is -2.14. The molecule has 174 valence electrons. The second-order valence-electron chi connectivity index (χ2n) is 8.16. The highest BCUT2D eigenvalue weighted by atomic mass is 32.1. The van der Waals surface area contributed by atoms with Crippen molar-refractivity contribution in [2.75, 3.05) is 38.1 Å². The van der Waals surface area contributed by atoms with Crippen LogP contribution < -0.4 is 4.90 Å². The Balaban J connectivity index is 0.000000423. The van der Waals surface area contributed by atoms with Crippen molar-refractivity contribution in [2.24, 2.45) is 5.41 Å². The molecule has 1 N–H and O–H groups in total. The van der Waals surface area contributed by atoms with E-state index in [2.05, 4.69) is 18.7 Å². The average molecular weight is 464 g/mol. The van der Waals surface area contributed by atoms with E-state index in [1.807, 2.05) is 33.7 Å². The zero-order valence-corrected chi connectivity index (χ0v) is 18.6. The van der Waals surface area contributed by atoms with Crippen LogP contribution in [0.4, 0.5) is 18.9 Å². The molecule has 31 heavy (non-hydrogen) atoms. The molecule has 2 aliphatic heterocycles. The molecule has 1 aromatic heterocycles. The SMILES string of the molecule is CC(C)N(C)CC(=O)N1CCC2(CC1)CCN(c1ccsc1)C2=O.O=C(O)C(F)(F)F. The summed E-state index contributed by atoms with van der Waals surface area (Å²) in [5.41, 5.74) is 0.779. The number of piperidine rings is 1. The third-order valence-corrected chi connectivity index (χ3v) is 6.58. The molecular weight excluding hydrogens is 435 g/mol. The molecule has 0 bridgehead atoms. The van der Waals surface area contributed by atoms with Crippen LogP contribution in [0.2, 0.25) is 0 Å². The number of nitrogens with zero attached hydrogens (tertiary/aromatic N) is 3. The van der Waals surface area contributed by atoms with Gasteiger partial charge in [0, 0.05) is 31.1 Å². The van der Waals surface area contributed by atoms with E-state index in [0.717, 1.165) is 31.5 Å². The zero-order chi connectivity index (χ0) is 23.4. The number of hydrogen-bond donors (Lipinski definition) is 1. The van der Waals surface area contributed by atoms with Gasteiger partial charge in [0.05, 0.1) is 17.6 Å². The summed E-state index contributed by atoms with van der Waals surface area (Å²) in [6, 6.07) is 2.38. The quantitative estimate of drug-likeness (QED) is 0.742. The number of thiophene rings is 1. The minimum absolute atomic E-state index is 0.182. The fraction of sp³-hybridized carbons (Fsp3) is 0.650. The summed E-state index contributed by atoms with van der Waals surface area (Å²) in [6.45, 7) is 6.85. The Bertz CT molecular complexity index is 775. The molecule has 0 aromatic carbocycles. The first kappa shape index (κ1) is 25.1. The van der Waals surface area contributed by atoms with Crippen molar-refractivity contribution in [1.82, 2.24) is 9.80 Å². The second-order valence-corrected chi connectivity index (χ2v) is 8.94. The van der Waals surface area contributed by atoms with Crippen LogP contribution in [0.15, 0.2) is 16.8 Å². The first-order chi connectivity index (χ1) is 14.4. The molecule has 11 heteroatoms. The molecular formula is C20H28F3N3O4S. The molecule has 2 fully saturated rings. The van der Waals surface area contributed by atoms with Gasteiger partial charge in [-0.3, -0.25) is 14.5 Å². The van der Waals surface area contributed by atoms with Gasteiger partial charge in [0.25, 0.3) is 0 Å². The topological polar surface area (TPSA) is 81.2 Å². The molecule has 2 saturated heterocycles. The van der Waals surface area contributed by atoms with Gasteiger partial charge in [-0.1, -0.05) is 0 Å². The Morgan fingerprint density at radius 3 is 2.23 bits per heavy atom. The Morgan fingerprint density at radius 1 is 1.23 bits per heavy atom. The van der Waals surface area contributed by atoms with E-state index in [1.165, 1.54) is 0 Å². The average Bonchev–Trinajstić information content (AvgIpc) is 3.31. The Kier molecular flexibility index (Phi) is 8.09. The van der Waals surface area contributed by atoms with Gasteiger partial charge >= 0.3 is 12.1 Å². The van der Waals surface area contributed by atoms with E-state index in [-0.39, 0.29) is 17.2 Å². The minimum Gasteiger partial charge on any atom is -0.475 e. The van der Waals surface area contributed by atoms with E-state index < -0.39 is 12.1 Å². The predicted molar refractivity (Wildman–Crippen MR) is 111 cm³/mol. The van der Waals surface area contributed by atoms with E-state index >= 15 is 0 Å². The number of rotatable bonds is 4. The summed E-state index contributed by atoms with van der Waals surface area (Å²) in [4.78, 5) is 40.2. The van der Waals surface area contributed by atoms with Crippen molar-refractivity contribution < 1.29 is 32.7 Å². The molecule has 0 unspecified atom stereocenters. The lowest BCUT2D eigenvalue weighted by Crippen LogP contribution is -2.49. The fourth-order valence-electron chi connectivity index (χ4n) is 3.62. The van der Waals surface area contributed by atoms with E-state index in [1.54, 1.807) is 11.3 Å². The van der Waals surface area contributed by atoms with Gasteiger partial charge in [0.1, 0.15) is 0 Å². The van der Waals surface area contributed by atoms with Crippen LogP contribution in [0.25, 0.3) is 0 Å². The monoisotopic (exact) mass is 463 g/mol. The van der Waals surface area contributed by atoms with Crippen molar-refractivity contribution in [1.29, 1.82) is 0 Å². The summed E-state index contributed by atoms with van der Waals surface area (Å²) >= 11 is 1.62. The molecule has 0 radical (unpaired) electrons.